The molecule has 4 nitrogen and oxygen atoms in total. The molecule has 4 heteroatoms. The van der Waals surface area contributed by atoms with Crippen molar-refractivity contribution in [2.75, 3.05) is 0 Å². The van der Waals surface area contributed by atoms with Gasteiger partial charge in [-0.15, -0.1) is 0 Å². The molecule has 1 aromatic heterocycles. The lowest BCUT2D eigenvalue weighted by atomic mass is 10.0. The van der Waals surface area contributed by atoms with Crippen LogP contribution in [0.15, 0.2) is 54.6 Å². The molecule has 5 rings (SSSR count). The number of esters is 2. The minimum absolute atomic E-state index is 0.394. The average Bonchev–Trinajstić information content (AvgIpc) is 3.17. The predicted octanol–water partition coefficient (Wildman–Crippen LogP) is 3.49. The second-order valence-electron chi connectivity index (χ2n) is 5.73. The van der Waals surface area contributed by atoms with Gasteiger partial charge in [-0.05, 0) is 11.1 Å². The van der Waals surface area contributed by atoms with Gasteiger partial charge in [0.1, 0.15) is 11.1 Å². The molecular formula is C19H11NO3. The molecule has 2 aliphatic rings. The Kier molecular flexibility index (Phi) is 2.26. The largest absolute Gasteiger partial charge is 0.386 e. The van der Waals surface area contributed by atoms with Gasteiger partial charge in [0.25, 0.3) is 0 Å². The van der Waals surface area contributed by atoms with Crippen LogP contribution in [0.5, 0.6) is 0 Å². The second-order valence-corrected chi connectivity index (χ2v) is 5.73. The molecule has 0 bridgehead atoms. The van der Waals surface area contributed by atoms with Crippen molar-refractivity contribution in [3.05, 3.63) is 71.3 Å². The zero-order valence-electron chi connectivity index (χ0n) is 12.1. The Bertz CT molecular complexity index is 984. The van der Waals surface area contributed by atoms with E-state index in [2.05, 4.69) is 4.57 Å². The quantitative estimate of drug-likeness (QED) is 0.399. The molecule has 0 amide bonds. The fourth-order valence-corrected chi connectivity index (χ4v) is 3.60. The van der Waals surface area contributed by atoms with E-state index in [1.165, 1.54) is 0 Å². The first-order valence-electron chi connectivity index (χ1n) is 7.42. The lowest BCUT2D eigenvalue weighted by molar-refractivity contribution is 0.0443. The molecule has 0 fully saturated rings. The Morgan fingerprint density at radius 1 is 0.783 bits per heavy atom. The monoisotopic (exact) mass is 301 g/mol. The highest BCUT2D eigenvalue weighted by Gasteiger charge is 2.42. The second kappa shape index (κ2) is 4.20. The minimum atomic E-state index is -0.553. The summed E-state index contributed by atoms with van der Waals surface area (Å²) in [5, 5.41) is 0. The summed E-state index contributed by atoms with van der Waals surface area (Å²) in [4.78, 5) is 24.5. The SMILES string of the molecule is O=C1OC(=O)c2c1c(-c1ccccc1)n1c2-c2ccccc2C1. The van der Waals surface area contributed by atoms with E-state index in [-0.39, 0.29) is 0 Å². The van der Waals surface area contributed by atoms with Crippen LogP contribution in [0.25, 0.3) is 22.5 Å². The first kappa shape index (κ1) is 12.4. The van der Waals surface area contributed by atoms with Crippen LogP contribution in [-0.2, 0) is 11.3 Å². The molecule has 0 spiro atoms. The van der Waals surface area contributed by atoms with Crippen LogP contribution in [0.3, 0.4) is 0 Å². The average molecular weight is 301 g/mol. The summed E-state index contributed by atoms with van der Waals surface area (Å²) in [5.41, 5.74) is 5.42. The molecule has 2 aromatic carbocycles. The summed E-state index contributed by atoms with van der Waals surface area (Å²) in [5.74, 6) is -1.10. The smallest absolute Gasteiger partial charge is 0.349 e. The van der Waals surface area contributed by atoms with E-state index in [1.54, 1.807) is 0 Å². The number of carbonyl (C=O) groups is 2. The maximum atomic E-state index is 12.2. The number of nitrogens with zero attached hydrogens (tertiary/aromatic N) is 1. The molecule has 2 aliphatic heterocycles. The van der Waals surface area contributed by atoms with Crippen molar-refractivity contribution >= 4 is 11.9 Å². The van der Waals surface area contributed by atoms with Crippen molar-refractivity contribution in [1.29, 1.82) is 0 Å². The maximum absolute atomic E-state index is 12.2. The summed E-state index contributed by atoms with van der Waals surface area (Å²) < 4.78 is 6.94. The van der Waals surface area contributed by atoms with Gasteiger partial charge in [0.05, 0.1) is 11.4 Å². The van der Waals surface area contributed by atoms with Gasteiger partial charge in [0.2, 0.25) is 0 Å². The van der Waals surface area contributed by atoms with E-state index in [0.29, 0.717) is 17.7 Å². The van der Waals surface area contributed by atoms with E-state index in [9.17, 15) is 9.59 Å². The molecule has 0 saturated carbocycles. The Labute approximate surface area is 131 Å². The Morgan fingerprint density at radius 2 is 1.43 bits per heavy atom. The van der Waals surface area contributed by atoms with Gasteiger partial charge in [-0.25, -0.2) is 9.59 Å². The zero-order valence-corrected chi connectivity index (χ0v) is 12.1. The van der Waals surface area contributed by atoms with E-state index < -0.39 is 11.9 Å². The Balaban J connectivity index is 1.91. The summed E-state index contributed by atoms with van der Waals surface area (Å²) in [7, 11) is 0. The third-order valence-corrected chi connectivity index (χ3v) is 4.51. The standard InChI is InChI=1S/C19H11NO3/c21-18-14-15(19(22)23-18)17-13-9-5-4-8-12(13)10-20(17)16(14)11-6-2-1-3-7-11/h1-9H,10H2. The van der Waals surface area contributed by atoms with Crippen LogP contribution >= 0.6 is 0 Å². The molecule has 3 aromatic rings. The van der Waals surface area contributed by atoms with Crippen molar-refractivity contribution in [2.45, 2.75) is 6.54 Å². The van der Waals surface area contributed by atoms with Crippen LogP contribution in [0.1, 0.15) is 26.3 Å². The molecule has 0 saturated heterocycles. The lowest BCUT2D eigenvalue weighted by Gasteiger charge is -2.08. The molecule has 110 valence electrons. The Hall–Kier alpha value is -3.14. The van der Waals surface area contributed by atoms with Gasteiger partial charge < -0.3 is 9.30 Å². The Morgan fingerprint density at radius 3 is 2.22 bits per heavy atom. The first-order chi connectivity index (χ1) is 11.3. The van der Waals surface area contributed by atoms with Gasteiger partial charge in [0, 0.05) is 12.1 Å². The first-order valence-corrected chi connectivity index (χ1v) is 7.42. The third-order valence-electron chi connectivity index (χ3n) is 4.51. The van der Waals surface area contributed by atoms with Crippen molar-refractivity contribution in [3.63, 3.8) is 0 Å². The number of hydrogen-bond donors (Lipinski definition) is 0. The van der Waals surface area contributed by atoms with Crippen LogP contribution < -0.4 is 0 Å². The number of hydrogen-bond acceptors (Lipinski definition) is 3. The molecule has 0 aliphatic carbocycles. The number of aromatic nitrogens is 1. The number of ether oxygens (including phenoxy) is 1. The number of fused-ring (bicyclic) bond motifs is 5. The normalized spacial score (nSPS) is 14.4. The van der Waals surface area contributed by atoms with Gasteiger partial charge in [0.15, 0.2) is 0 Å². The lowest BCUT2D eigenvalue weighted by Crippen LogP contribution is -2.05. The zero-order chi connectivity index (χ0) is 15.6. The number of rotatable bonds is 1. The highest BCUT2D eigenvalue weighted by molar-refractivity contribution is 6.21. The maximum Gasteiger partial charge on any atom is 0.349 e. The number of carbonyl (C=O) groups excluding carboxylic acids is 2. The van der Waals surface area contributed by atoms with Gasteiger partial charge in [-0.3, -0.25) is 0 Å². The molecular weight excluding hydrogens is 290 g/mol. The summed E-state index contributed by atoms with van der Waals surface area (Å²) in [6.45, 7) is 0.656. The number of benzene rings is 2. The number of cyclic esters (lactones) is 2. The van der Waals surface area contributed by atoms with E-state index in [1.807, 2.05) is 54.6 Å². The highest BCUT2D eigenvalue weighted by Crippen LogP contribution is 2.45. The summed E-state index contributed by atoms with van der Waals surface area (Å²) >= 11 is 0. The molecule has 0 unspecified atom stereocenters. The van der Waals surface area contributed by atoms with Gasteiger partial charge >= 0.3 is 11.9 Å². The molecule has 0 atom stereocenters. The van der Waals surface area contributed by atoms with Gasteiger partial charge in [-0.2, -0.15) is 0 Å². The predicted molar refractivity (Wildman–Crippen MR) is 84.2 cm³/mol. The highest BCUT2D eigenvalue weighted by atomic mass is 16.6. The van der Waals surface area contributed by atoms with Crippen molar-refractivity contribution < 1.29 is 14.3 Å². The van der Waals surface area contributed by atoms with Crippen LogP contribution in [0.4, 0.5) is 0 Å². The van der Waals surface area contributed by atoms with E-state index in [0.717, 1.165) is 28.1 Å². The van der Waals surface area contributed by atoms with Crippen molar-refractivity contribution in [1.82, 2.24) is 4.57 Å². The van der Waals surface area contributed by atoms with E-state index >= 15 is 0 Å². The topological polar surface area (TPSA) is 48.3 Å². The van der Waals surface area contributed by atoms with Gasteiger partial charge in [-0.1, -0.05) is 54.6 Å². The molecule has 23 heavy (non-hydrogen) atoms. The van der Waals surface area contributed by atoms with E-state index in [4.69, 9.17) is 4.74 Å². The fraction of sp³-hybridized carbons (Fsp3) is 0.0526. The molecule has 0 N–H and O–H groups in total. The molecule has 3 heterocycles. The van der Waals surface area contributed by atoms with Crippen LogP contribution in [0.2, 0.25) is 0 Å². The fourth-order valence-electron chi connectivity index (χ4n) is 3.60. The summed E-state index contributed by atoms with van der Waals surface area (Å²) in [6.07, 6.45) is 0. The third kappa shape index (κ3) is 1.50. The van der Waals surface area contributed by atoms with Crippen molar-refractivity contribution in [3.8, 4) is 22.5 Å². The van der Waals surface area contributed by atoms with Crippen LogP contribution in [-0.4, -0.2) is 16.5 Å². The minimum Gasteiger partial charge on any atom is -0.386 e. The van der Waals surface area contributed by atoms with Crippen LogP contribution in [0, 0.1) is 0 Å². The van der Waals surface area contributed by atoms with Crippen molar-refractivity contribution in [2.24, 2.45) is 0 Å². The summed E-state index contributed by atoms with van der Waals surface area (Å²) in [6, 6.07) is 17.6. The molecule has 0 radical (unpaired) electrons.